The van der Waals surface area contributed by atoms with Gasteiger partial charge in [-0.3, -0.25) is 4.79 Å². The van der Waals surface area contributed by atoms with E-state index in [0.717, 1.165) is 5.56 Å². The number of nitrogens with one attached hydrogen (secondary N) is 1. The van der Waals surface area contributed by atoms with E-state index in [2.05, 4.69) is 5.32 Å². The van der Waals surface area contributed by atoms with E-state index in [9.17, 15) is 20.0 Å². The third-order valence-corrected chi connectivity index (χ3v) is 3.24. The lowest BCUT2D eigenvalue weighted by Crippen LogP contribution is -2.29. The summed E-state index contributed by atoms with van der Waals surface area (Å²) in [4.78, 5) is 22.8. The third-order valence-electron chi connectivity index (χ3n) is 3.24. The van der Waals surface area contributed by atoms with Crippen molar-refractivity contribution in [3.63, 3.8) is 0 Å². The van der Waals surface area contributed by atoms with Crippen molar-refractivity contribution >= 4 is 23.6 Å². The van der Waals surface area contributed by atoms with Crippen LogP contribution in [0.3, 0.4) is 0 Å². The number of carbonyl (C=O) groups is 2. The summed E-state index contributed by atoms with van der Waals surface area (Å²) in [6.07, 6.45) is 1.34. The number of carboxylic acids is 1. The Morgan fingerprint density at radius 1 is 1.20 bits per heavy atom. The van der Waals surface area contributed by atoms with Crippen LogP contribution in [-0.4, -0.2) is 18.5 Å². The van der Waals surface area contributed by atoms with Crippen LogP contribution in [0, 0.1) is 18.3 Å². The number of aliphatic carboxylic acids is 1. The predicted molar refractivity (Wildman–Crippen MR) is 90.3 cm³/mol. The Kier molecular flexibility index (Phi) is 5.91. The van der Waals surface area contributed by atoms with E-state index >= 15 is 0 Å². The second-order valence-corrected chi connectivity index (χ2v) is 5.19. The maximum atomic E-state index is 12.3. The van der Waals surface area contributed by atoms with Gasteiger partial charge < -0.3 is 20.0 Å². The highest BCUT2D eigenvalue weighted by Crippen LogP contribution is 2.21. The first-order valence-electron chi connectivity index (χ1n) is 7.41. The number of anilines is 1. The zero-order valence-electron chi connectivity index (χ0n) is 13.5. The zero-order valence-corrected chi connectivity index (χ0v) is 13.5. The Labute approximate surface area is 145 Å². The number of benzene rings is 2. The molecule has 0 aromatic heterocycles. The largest absolute Gasteiger partial charge is 0.546 e. The predicted octanol–water partition coefficient (Wildman–Crippen LogP) is 1.67. The number of nitriles is 1. The van der Waals surface area contributed by atoms with Gasteiger partial charge in [0.15, 0.2) is 0 Å². The molecule has 0 spiro atoms. The lowest BCUT2D eigenvalue weighted by Gasteiger charge is -2.10. The van der Waals surface area contributed by atoms with Gasteiger partial charge >= 0.3 is 0 Å². The quantitative estimate of drug-likeness (QED) is 0.639. The summed E-state index contributed by atoms with van der Waals surface area (Å²) in [6.45, 7) is 1.30. The highest BCUT2D eigenvalue weighted by Gasteiger charge is 2.11. The number of ether oxygens (including phenoxy) is 1. The van der Waals surface area contributed by atoms with Gasteiger partial charge in [-0.25, -0.2) is 0 Å². The van der Waals surface area contributed by atoms with Gasteiger partial charge in [0.05, 0.1) is 5.97 Å². The zero-order chi connectivity index (χ0) is 18.2. The summed E-state index contributed by atoms with van der Waals surface area (Å²) in [6, 6.07) is 15.5. The first kappa shape index (κ1) is 17.8. The average Bonchev–Trinajstić information content (AvgIpc) is 2.60. The molecule has 126 valence electrons. The summed E-state index contributed by atoms with van der Waals surface area (Å²) < 4.78 is 5.11. The van der Waals surface area contributed by atoms with Crippen molar-refractivity contribution in [2.75, 3.05) is 11.9 Å². The van der Waals surface area contributed by atoms with Gasteiger partial charge in [-0.15, -0.1) is 0 Å². The molecular formula is C19H15N2O4-. The van der Waals surface area contributed by atoms with Crippen LogP contribution in [0.5, 0.6) is 5.75 Å². The van der Waals surface area contributed by atoms with Crippen LogP contribution in [0.25, 0.3) is 6.08 Å². The normalized spacial score (nSPS) is 10.6. The van der Waals surface area contributed by atoms with Crippen LogP contribution in [0.1, 0.15) is 11.1 Å². The average molecular weight is 335 g/mol. The van der Waals surface area contributed by atoms with E-state index < -0.39 is 18.5 Å². The third kappa shape index (κ3) is 5.22. The van der Waals surface area contributed by atoms with Crippen LogP contribution in [0.4, 0.5) is 5.69 Å². The fourth-order valence-corrected chi connectivity index (χ4v) is 2.01. The molecule has 2 aromatic rings. The molecule has 6 heteroatoms. The minimum absolute atomic E-state index is 0.134. The van der Waals surface area contributed by atoms with Crippen LogP contribution < -0.4 is 15.2 Å². The molecule has 0 bridgehead atoms. The Hall–Kier alpha value is -3.59. The number of nitrogens with zero attached hydrogens (tertiary/aromatic N) is 1. The van der Waals surface area contributed by atoms with Gasteiger partial charge in [-0.05, 0) is 31.2 Å². The van der Waals surface area contributed by atoms with Crippen molar-refractivity contribution in [2.24, 2.45) is 0 Å². The molecule has 0 atom stereocenters. The topological polar surface area (TPSA) is 102 Å². The maximum Gasteiger partial charge on any atom is 0.266 e. The molecule has 2 rings (SSSR count). The second kappa shape index (κ2) is 8.31. The van der Waals surface area contributed by atoms with Crippen LogP contribution in [0.2, 0.25) is 0 Å². The van der Waals surface area contributed by atoms with Crippen LogP contribution in [0.15, 0.2) is 54.1 Å². The van der Waals surface area contributed by atoms with Gasteiger partial charge in [0.25, 0.3) is 5.91 Å². The monoisotopic (exact) mass is 335 g/mol. The lowest BCUT2D eigenvalue weighted by atomic mass is 10.1. The number of aryl methyl sites for hydroxylation is 1. The standard InChI is InChI=1S/C19H16N2O4/c1-13-6-8-16(9-7-13)21-19(24)15(11-20)10-14-4-2-3-5-17(14)25-12-18(22)23/h2-10H,12H2,1H3,(H,21,24)(H,22,23)/p-1/b15-10+. The van der Waals surface area contributed by atoms with E-state index in [4.69, 9.17) is 4.74 Å². The number of amides is 1. The molecule has 0 aliphatic heterocycles. The number of rotatable bonds is 6. The van der Waals surface area contributed by atoms with E-state index in [0.29, 0.717) is 11.3 Å². The highest BCUT2D eigenvalue weighted by molar-refractivity contribution is 6.09. The fraction of sp³-hybridized carbons (Fsp3) is 0.105. The number of hydrogen-bond donors (Lipinski definition) is 1. The SMILES string of the molecule is Cc1ccc(NC(=O)/C(C#N)=C/c2ccccc2OCC(=O)[O-])cc1. The smallest absolute Gasteiger partial charge is 0.266 e. The van der Waals surface area contributed by atoms with Crippen LogP contribution >= 0.6 is 0 Å². The van der Waals surface area contributed by atoms with Gasteiger partial charge in [-0.2, -0.15) is 5.26 Å². The van der Waals surface area contributed by atoms with E-state index in [-0.39, 0.29) is 11.3 Å². The molecule has 0 aliphatic carbocycles. The fourth-order valence-electron chi connectivity index (χ4n) is 2.01. The van der Waals surface area contributed by atoms with Crippen molar-refractivity contribution in [1.82, 2.24) is 0 Å². The Bertz CT molecular complexity index is 848. The molecule has 0 unspecified atom stereocenters. The summed E-state index contributed by atoms with van der Waals surface area (Å²) in [7, 11) is 0. The van der Waals surface area contributed by atoms with Gasteiger partial charge in [0, 0.05) is 11.3 Å². The molecule has 1 amide bonds. The van der Waals surface area contributed by atoms with E-state index in [1.165, 1.54) is 6.08 Å². The van der Waals surface area contributed by atoms with Crippen molar-refractivity contribution < 1.29 is 19.4 Å². The Balaban J connectivity index is 2.22. The first-order chi connectivity index (χ1) is 12.0. The number of para-hydroxylation sites is 1. The molecule has 0 radical (unpaired) electrons. The minimum atomic E-state index is -1.36. The molecule has 0 saturated heterocycles. The summed E-state index contributed by atoms with van der Waals surface area (Å²) in [5.41, 5.74) is 1.90. The minimum Gasteiger partial charge on any atom is -0.546 e. The molecule has 2 aromatic carbocycles. The molecule has 0 saturated carbocycles. The lowest BCUT2D eigenvalue weighted by molar-refractivity contribution is -0.307. The molecule has 0 heterocycles. The maximum absolute atomic E-state index is 12.3. The van der Waals surface area contributed by atoms with Crippen molar-refractivity contribution in [3.05, 3.63) is 65.2 Å². The number of hydrogen-bond acceptors (Lipinski definition) is 5. The molecule has 1 N–H and O–H groups in total. The van der Waals surface area contributed by atoms with E-state index in [1.54, 1.807) is 36.4 Å². The van der Waals surface area contributed by atoms with Crippen molar-refractivity contribution in [1.29, 1.82) is 5.26 Å². The number of carbonyl (C=O) groups excluding carboxylic acids is 2. The molecule has 0 fully saturated rings. The summed E-state index contributed by atoms with van der Waals surface area (Å²) in [5.74, 6) is -1.69. The summed E-state index contributed by atoms with van der Waals surface area (Å²) >= 11 is 0. The Morgan fingerprint density at radius 2 is 1.88 bits per heavy atom. The van der Waals surface area contributed by atoms with Gasteiger partial charge in [0.1, 0.15) is 24.0 Å². The first-order valence-corrected chi connectivity index (χ1v) is 7.41. The van der Waals surface area contributed by atoms with Crippen LogP contribution in [-0.2, 0) is 9.59 Å². The second-order valence-electron chi connectivity index (χ2n) is 5.19. The highest BCUT2D eigenvalue weighted by atomic mass is 16.5. The van der Waals surface area contributed by atoms with E-state index in [1.807, 2.05) is 25.1 Å². The molecular weight excluding hydrogens is 320 g/mol. The van der Waals surface area contributed by atoms with Gasteiger partial charge in [0.2, 0.25) is 0 Å². The molecule has 6 nitrogen and oxygen atoms in total. The van der Waals surface area contributed by atoms with Crippen molar-refractivity contribution in [2.45, 2.75) is 6.92 Å². The van der Waals surface area contributed by atoms with Gasteiger partial charge in [-0.1, -0.05) is 35.9 Å². The molecule has 25 heavy (non-hydrogen) atoms. The Morgan fingerprint density at radius 3 is 2.52 bits per heavy atom. The summed E-state index contributed by atoms with van der Waals surface area (Å²) in [5, 5.41) is 22.4. The molecule has 0 aliphatic rings. The van der Waals surface area contributed by atoms with Crippen molar-refractivity contribution in [3.8, 4) is 11.8 Å². The number of carboxylic acid groups (broad SMARTS) is 1.